The summed E-state index contributed by atoms with van der Waals surface area (Å²) < 4.78 is 0. The molecule has 4 heteroatoms. The van der Waals surface area contributed by atoms with Gasteiger partial charge < -0.3 is 15.5 Å². The summed E-state index contributed by atoms with van der Waals surface area (Å²) in [5.41, 5.74) is 7.65. The number of carbonyl (C=O) groups is 1. The number of anilines is 1. The molecule has 1 aromatic carbocycles. The molecule has 1 aliphatic rings. The lowest BCUT2D eigenvalue weighted by Crippen LogP contribution is -2.47. The minimum Gasteiger partial charge on any atom is -0.399 e. The number of urea groups is 1. The summed E-state index contributed by atoms with van der Waals surface area (Å²) in [4.78, 5) is 16.6. The monoisotopic (exact) mass is 275 g/mol. The van der Waals surface area contributed by atoms with Gasteiger partial charge in [-0.15, -0.1) is 0 Å². The average Bonchev–Trinajstić information content (AvgIpc) is 2.45. The summed E-state index contributed by atoms with van der Waals surface area (Å²) in [5, 5.41) is 0. The quantitative estimate of drug-likeness (QED) is 0.862. The van der Waals surface area contributed by atoms with Crippen LogP contribution in [0.15, 0.2) is 24.3 Å². The van der Waals surface area contributed by atoms with E-state index >= 15 is 0 Å². The van der Waals surface area contributed by atoms with Crippen LogP contribution in [0, 0.1) is 0 Å². The van der Waals surface area contributed by atoms with E-state index in [4.69, 9.17) is 5.73 Å². The van der Waals surface area contributed by atoms with Gasteiger partial charge in [-0.05, 0) is 50.8 Å². The molecule has 20 heavy (non-hydrogen) atoms. The molecule has 2 N–H and O–H groups in total. The number of hydrogen-bond acceptors (Lipinski definition) is 2. The van der Waals surface area contributed by atoms with Gasteiger partial charge in [0.2, 0.25) is 0 Å². The number of amides is 2. The molecule has 2 amide bonds. The van der Waals surface area contributed by atoms with Gasteiger partial charge in [-0.25, -0.2) is 4.79 Å². The van der Waals surface area contributed by atoms with E-state index in [9.17, 15) is 4.79 Å². The zero-order valence-corrected chi connectivity index (χ0v) is 12.5. The van der Waals surface area contributed by atoms with Crippen LogP contribution >= 0.6 is 0 Å². The SMILES string of the molecule is CC(C)N(Cc1cccc(N)c1)C(=O)N1CCCCC1. The zero-order chi connectivity index (χ0) is 14.5. The van der Waals surface area contributed by atoms with Crippen molar-refractivity contribution in [1.82, 2.24) is 9.80 Å². The molecule has 0 radical (unpaired) electrons. The van der Waals surface area contributed by atoms with Gasteiger partial charge in [0.05, 0.1) is 0 Å². The molecule has 1 aliphatic heterocycles. The summed E-state index contributed by atoms with van der Waals surface area (Å²) in [5.74, 6) is 0. The summed E-state index contributed by atoms with van der Waals surface area (Å²) in [6.45, 7) is 6.53. The van der Waals surface area contributed by atoms with Gasteiger partial charge in [-0.2, -0.15) is 0 Å². The van der Waals surface area contributed by atoms with Crippen molar-refractivity contribution in [2.75, 3.05) is 18.8 Å². The molecule has 4 nitrogen and oxygen atoms in total. The predicted octanol–water partition coefficient (Wildman–Crippen LogP) is 3.09. The molecule has 0 bridgehead atoms. The first-order valence-electron chi connectivity index (χ1n) is 7.48. The van der Waals surface area contributed by atoms with Crippen molar-refractivity contribution in [3.8, 4) is 0 Å². The zero-order valence-electron chi connectivity index (χ0n) is 12.5. The highest BCUT2D eigenvalue weighted by atomic mass is 16.2. The van der Waals surface area contributed by atoms with Crippen molar-refractivity contribution in [3.63, 3.8) is 0 Å². The van der Waals surface area contributed by atoms with Crippen LogP contribution in [0.3, 0.4) is 0 Å². The number of piperidine rings is 1. The molecule has 1 fully saturated rings. The second-order valence-corrected chi connectivity index (χ2v) is 5.80. The van der Waals surface area contributed by atoms with Gasteiger partial charge in [-0.3, -0.25) is 0 Å². The fraction of sp³-hybridized carbons (Fsp3) is 0.562. The fourth-order valence-corrected chi connectivity index (χ4v) is 2.63. The Labute approximate surface area is 121 Å². The van der Waals surface area contributed by atoms with Crippen molar-refractivity contribution in [3.05, 3.63) is 29.8 Å². The van der Waals surface area contributed by atoms with E-state index in [-0.39, 0.29) is 12.1 Å². The Morgan fingerprint density at radius 2 is 2.00 bits per heavy atom. The first-order valence-corrected chi connectivity index (χ1v) is 7.48. The Kier molecular flexibility index (Phi) is 4.88. The number of nitrogens with two attached hydrogens (primary N) is 1. The Bertz CT molecular complexity index is 453. The molecule has 0 spiro atoms. The van der Waals surface area contributed by atoms with Crippen LogP contribution in [0.5, 0.6) is 0 Å². The highest BCUT2D eigenvalue weighted by Crippen LogP contribution is 2.16. The van der Waals surface area contributed by atoms with Crippen molar-refractivity contribution in [1.29, 1.82) is 0 Å². The summed E-state index contributed by atoms with van der Waals surface area (Å²) in [7, 11) is 0. The maximum atomic E-state index is 12.6. The lowest BCUT2D eigenvalue weighted by Gasteiger charge is -2.35. The number of rotatable bonds is 3. The molecule has 0 aliphatic carbocycles. The largest absolute Gasteiger partial charge is 0.399 e. The van der Waals surface area contributed by atoms with Crippen molar-refractivity contribution >= 4 is 11.7 Å². The number of benzene rings is 1. The molecular weight excluding hydrogens is 250 g/mol. The van der Waals surface area contributed by atoms with E-state index in [1.54, 1.807) is 0 Å². The molecule has 2 rings (SSSR count). The molecule has 1 aromatic rings. The van der Waals surface area contributed by atoms with Gasteiger partial charge >= 0.3 is 6.03 Å². The van der Waals surface area contributed by atoms with E-state index in [1.807, 2.05) is 34.1 Å². The number of nitrogens with zero attached hydrogens (tertiary/aromatic N) is 2. The fourth-order valence-electron chi connectivity index (χ4n) is 2.63. The molecule has 110 valence electrons. The molecule has 0 saturated carbocycles. The van der Waals surface area contributed by atoms with Crippen LogP contribution in [-0.4, -0.2) is 35.0 Å². The van der Waals surface area contributed by atoms with Crippen LogP contribution in [0.1, 0.15) is 38.7 Å². The second-order valence-electron chi connectivity index (χ2n) is 5.80. The molecule has 1 saturated heterocycles. The molecule has 0 unspecified atom stereocenters. The van der Waals surface area contributed by atoms with E-state index in [0.29, 0.717) is 6.54 Å². The maximum absolute atomic E-state index is 12.6. The van der Waals surface area contributed by atoms with E-state index in [2.05, 4.69) is 13.8 Å². The van der Waals surface area contributed by atoms with Crippen LogP contribution < -0.4 is 5.73 Å². The normalized spacial score (nSPS) is 15.4. The molecule has 0 atom stereocenters. The summed E-state index contributed by atoms with van der Waals surface area (Å²) >= 11 is 0. The third-order valence-electron chi connectivity index (χ3n) is 3.80. The highest BCUT2D eigenvalue weighted by Gasteiger charge is 2.24. The lowest BCUT2D eigenvalue weighted by molar-refractivity contribution is 0.128. The van der Waals surface area contributed by atoms with Crippen LogP contribution in [0.2, 0.25) is 0 Å². The molecule has 1 heterocycles. The van der Waals surface area contributed by atoms with Crippen LogP contribution in [0.4, 0.5) is 10.5 Å². The Hall–Kier alpha value is -1.71. The highest BCUT2D eigenvalue weighted by molar-refractivity contribution is 5.75. The number of nitrogen functional groups attached to an aromatic ring is 1. The van der Waals surface area contributed by atoms with Crippen molar-refractivity contribution in [2.24, 2.45) is 0 Å². The van der Waals surface area contributed by atoms with Crippen LogP contribution in [0.25, 0.3) is 0 Å². The maximum Gasteiger partial charge on any atom is 0.320 e. The predicted molar refractivity (Wildman–Crippen MR) is 82.4 cm³/mol. The number of hydrogen-bond donors (Lipinski definition) is 1. The van der Waals surface area contributed by atoms with Gasteiger partial charge in [0, 0.05) is 31.4 Å². The third kappa shape index (κ3) is 3.65. The third-order valence-corrected chi connectivity index (χ3v) is 3.80. The van der Waals surface area contributed by atoms with Crippen LogP contribution in [-0.2, 0) is 6.54 Å². The summed E-state index contributed by atoms with van der Waals surface area (Å²) in [6.07, 6.45) is 3.48. The first kappa shape index (κ1) is 14.7. The lowest BCUT2D eigenvalue weighted by atomic mass is 10.1. The Morgan fingerprint density at radius 3 is 2.60 bits per heavy atom. The standard InChI is InChI=1S/C16H25N3O/c1-13(2)19(12-14-7-6-8-15(17)11-14)16(20)18-9-4-3-5-10-18/h6-8,11,13H,3-5,9-10,12,17H2,1-2H3. The first-order chi connectivity index (χ1) is 9.58. The topological polar surface area (TPSA) is 49.6 Å². The van der Waals surface area contributed by atoms with Crippen molar-refractivity contribution in [2.45, 2.75) is 45.7 Å². The smallest absolute Gasteiger partial charge is 0.320 e. The van der Waals surface area contributed by atoms with Crippen molar-refractivity contribution < 1.29 is 4.79 Å². The minimum absolute atomic E-state index is 0.155. The average molecular weight is 275 g/mol. The Balaban J connectivity index is 2.08. The second kappa shape index (κ2) is 6.64. The minimum atomic E-state index is 0.155. The van der Waals surface area contributed by atoms with Gasteiger partial charge in [0.1, 0.15) is 0 Å². The van der Waals surface area contributed by atoms with E-state index in [0.717, 1.165) is 37.2 Å². The van der Waals surface area contributed by atoms with Gasteiger partial charge in [-0.1, -0.05) is 12.1 Å². The molecular formula is C16H25N3O. The molecule has 0 aromatic heterocycles. The Morgan fingerprint density at radius 1 is 1.30 bits per heavy atom. The van der Waals surface area contributed by atoms with E-state index < -0.39 is 0 Å². The van der Waals surface area contributed by atoms with Gasteiger partial charge in [0.15, 0.2) is 0 Å². The van der Waals surface area contributed by atoms with E-state index in [1.165, 1.54) is 6.42 Å². The number of carbonyl (C=O) groups excluding carboxylic acids is 1. The number of likely N-dealkylation sites (tertiary alicyclic amines) is 1. The van der Waals surface area contributed by atoms with Gasteiger partial charge in [0.25, 0.3) is 0 Å². The summed E-state index contributed by atoms with van der Waals surface area (Å²) in [6, 6.07) is 8.12.